The molecule has 5 rings (SSSR count). The molecular weight excluding hydrogens is 442 g/mol. The van der Waals surface area contributed by atoms with Gasteiger partial charge in [-0.3, -0.25) is 10.2 Å². The van der Waals surface area contributed by atoms with Crippen molar-refractivity contribution >= 4 is 39.8 Å². The lowest BCUT2D eigenvalue weighted by atomic mass is 9.86. The van der Waals surface area contributed by atoms with Crippen molar-refractivity contribution in [1.29, 1.82) is 5.41 Å². The fourth-order valence-corrected chi connectivity index (χ4v) is 6.11. The van der Waals surface area contributed by atoms with Gasteiger partial charge in [-0.2, -0.15) is 15.1 Å². The molecule has 2 aromatic rings. The molecule has 1 saturated carbocycles. The van der Waals surface area contributed by atoms with Gasteiger partial charge in [0, 0.05) is 17.1 Å². The number of nitrogens with one attached hydrogen (secondary N) is 1. The summed E-state index contributed by atoms with van der Waals surface area (Å²) in [4.78, 5) is 17.2. The molecule has 1 amide bonds. The molecule has 1 aromatic carbocycles. The smallest absolute Gasteiger partial charge is 0.283 e. The number of amides is 1. The molecule has 3 heterocycles. The first-order valence-corrected chi connectivity index (χ1v) is 13.0. The fourth-order valence-electron chi connectivity index (χ4n) is 5.21. The van der Waals surface area contributed by atoms with Gasteiger partial charge in [0.25, 0.3) is 5.91 Å². The standard InChI is InChI=1S/C27H31N5OS/c1-17-9-7-8-12-23(17)31-18(2)15-21(19(31)3)16-22-25(28)32-27(29-26(22)33)34-24(30-32)14-13-20-10-5-4-6-11-20/h7-9,12,15-16,20,28H,4-6,10-11,13-14H2,1-3H3/b22-16+,28-25?. The van der Waals surface area contributed by atoms with Crippen LogP contribution >= 0.6 is 11.8 Å². The zero-order valence-corrected chi connectivity index (χ0v) is 20.9. The number of hydrogen-bond donors (Lipinski definition) is 1. The molecule has 1 N–H and O–H groups in total. The van der Waals surface area contributed by atoms with Gasteiger partial charge < -0.3 is 4.57 Å². The second-order valence-corrected chi connectivity index (χ2v) is 10.5. The Kier molecular flexibility index (Phi) is 6.30. The summed E-state index contributed by atoms with van der Waals surface area (Å²) < 4.78 is 2.20. The first-order chi connectivity index (χ1) is 16.4. The monoisotopic (exact) mass is 473 g/mol. The van der Waals surface area contributed by atoms with Gasteiger partial charge in [0.05, 0.1) is 5.57 Å². The van der Waals surface area contributed by atoms with Crippen LogP contribution in [0.3, 0.4) is 0 Å². The van der Waals surface area contributed by atoms with Gasteiger partial charge in [0.15, 0.2) is 5.84 Å². The van der Waals surface area contributed by atoms with Crippen LogP contribution in [-0.4, -0.2) is 31.5 Å². The van der Waals surface area contributed by atoms with Crippen LogP contribution in [0.15, 0.2) is 46.0 Å². The molecular formula is C27H31N5OS. The second kappa shape index (κ2) is 9.37. The average Bonchev–Trinajstić information content (AvgIpc) is 3.36. The van der Waals surface area contributed by atoms with Crippen LogP contribution in [0.1, 0.15) is 67.5 Å². The normalized spacial score (nSPS) is 20.1. The van der Waals surface area contributed by atoms with Gasteiger partial charge in [0.1, 0.15) is 5.04 Å². The lowest BCUT2D eigenvalue weighted by molar-refractivity contribution is -0.114. The third-order valence-electron chi connectivity index (χ3n) is 7.11. The van der Waals surface area contributed by atoms with Crippen molar-refractivity contribution in [1.82, 2.24) is 9.58 Å². The van der Waals surface area contributed by atoms with Gasteiger partial charge in [-0.05, 0) is 80.6 Å². The van der Waals surface area contributed by atoms with Crippen molar-refractivity contribution in [3.63, 3.8) is 0 Å². The Hall–Kier alpha value is -2.93. The summed E-state index contributed by atoms with van der Waals surface area (Å²) in [7, 11) is 0. The minimum absolute atomic E-state index is 0.107. The number of carbonyl (C=O) groups is 1. The maximum absolute atomic E-state index is 12.9. The summed E-state index contributed by atoms with van der Waals surface area (Å²) in [5.74, 6) is 0.515. The van der Waals surface area contributed by atoms with Crippen LogP contribution < -0.4 is 0 Å². The number of aryl methyl sites for hydroxylation is 2. The van der Waals surface area contributed by atoms with Crippen LogP contribution in [0, 0.1) is 32.1 Å². The summed E-state index contributed by atoms with van der Waals surface area (Å²) >= 11 is 1.44. The molecule has 6 nitrogen and oxygen atoms in total. The van der Waals surface area contributed by atoms with Crippen molar-refractivity contribution in [3.05, 3.63) is 58.4 Å². The number of para-hydroxylation sites is 1. The number of amidine groups is 2. The lowest BCUT2D eigenvalue weighted by Crippen LogP contribution is -2.35. The average molecular weight is 474 g/mol. The van der Waals surface area contributed by atoms with E-state index in [-0.39, 0.29) is 17.3 Å². The molecule has 176 valence electrons. The highest BCUT2D eigenvalue weighted by molar-refractivity contribution is 8.26. The predicted molar refractivity (Wildman–Crippen MR) is 141 cm³/mol. The third-order valence-corrected chi connectivity index (χ3v) is 8.08. The number of hydrazone groups is 1. The van der Waals surface area contributed by atoms with Crippen molar-refractivity contribution in [2.45, 2.75) is 65.7 Å². The number of carbonyl (C=O) groups excluding carboxylic acids is 1. The van der Waals surface area contributed by atoms with Crippen molar-refractivity contribution in [2.75, 3.05) is 0 Å². The van der Waals surface area contributed by atoms with Gasteiger partial charge in [-0.1, -0.05) is 50.3 Å². The second-order valence-electron chi connectivity index (χ2n) is 9.50. The van der Waals surface area contributed by atoms with Gasteiger partial charge >= 0.3 is 0 Å². The Labute approximate surface area is 205 Å². The van der Waals surface area contributed by atoms with E-state index in [4.69, 9.17) is 5.41 Å². The Morgan fingerprint density at radius 1 is 1.15 bits per heavy atom. The van der Waals surface area contributed by atoms with E-state index in [1.807, 2.05) is 19.1 Å². The van der Waals surface area contributed by atoms with Crippen LogP contribution in [0.25, 0.3) is 11.8 Å². The van der Waals surface area contributed by atoms with Gasteiger partial charge in [-0.25, -0.2) is 0 Å². The maximum Gasteiger partial charge on any atom is 0.283 e. The minimum Gasteiger partial charge on any atom is -0.318 e. The molecule has 0 saturated heterocycles. The van der Waals surface area contributed by atoms with Gasteiger partial charge in [-0.15, -0.1) is 0 Å². The molecule has 0 atom stereocenters. The van der Waals surface area contributed by atoms with Crippen molar-refractivity contribution in [2.24, 2.45) is 16.0 Å². The summed E-state index contributed by atoms with van der Waals surface area (Å²) in [6.45, 7) is 6.20. The van der Waals surface area contributed by atoms with E-state index >= 15 is 0 Å². The summed E-state index contributed by atoms with van der Waals surface area (Å²) in [5, 5.41) is 16.4. The molecule has 1 aromatic heterocycles. The van der Waals surface area contributed by atoms with Crippen LogP contribution in [0.4, 0.5) is 0 Å². The van der Waals surface area contributed by atoms with Crippen molar-refractivity contribution < 1.29 is 4.79 Å². The van der Waals surface area contributed by atoms with Gasteiger partial charge in [0.2, 0.25) is 5.17 Å². The fraction of sp³-hybridized carbons (Fsp3) is 0.407. The number of hydrogen-bond acceptors (Lipinski definition) is 4. The number of aromatic nitrogens is 1. The number of nitrogens with zero attached hydrogens (tertiary/aromatic N) is 4. The van der Waals surface area contributed by atoms with E-state index in [2.05, 4.69) is 46.7 Å². The topological polar surface area (TPSA) is 73.8 Å². The third kappa shape index (κ3) is 4.29. The Bertz CT molecular complexity index is 1250. The first kappa shape index (κ1) is 22.8. The van der Waals surface area contributed by atoms with E-state index in [0.717, 1.165) is 46.4 Å². The Balaban J connectivity index is 1.39. The van der Waals surface area contributed by atoms with E-state index in [1.54, 1.807) is 6.08 Å². The minimum atomic E-state index is -0.367. The first-order valence-electron chi connectivity index (χ1n) is 12.2. The highest BCUT2D eigenvalue weighted by Crippen LogP contribution is 2.33. The summed E-state index contributed by atoms with van der Waals surface area (Å²) in [5.41, 5.74) is 5.62. The molecule has 0 unspecified atom stereocenters. The number of benzene rings is 1. The van der Waals surface area contributed by atoms with Crippen LogP contribution in [-0.2, 0) is 4.79 Å². The van der Waals surface area contributed by atoms with Crippen molar-refractivity contribution in [3.8, 4) is 5.69 Å². The molecule has 2 aliphatic heterocycles. The van der Waals surface area contributed by atoms with E-state index < -0.39 is 0 Å². The van der Waals surface area contributed by atoms with E-state index in [1.165, 1.54) is 54.4 Å². The predicted octanol–water partition coefficient (Wildman–Crippen LogP) is 6.38. The molecule has 0 bridgehead atoms. The zero-order chi connectivity index (χ0) is 23.8. The van der Waals surface area contributed by atoms with E-state index in [9.17, 15) is 4.79 Å². The highest BCUT2D eigenvalue weighted by atomic mass is 32.2. The molecule has 1 aliphatic carbocycles. The largest absolute Gasteiger partial charge is 0.318 e. The number of rotatable bonds is 5. The Morgan fingerprint density at radius 2 is 1.91 bits per heavy atom. The summed E-state index contributed by atoms with van der Waals surface area (Å²) in [6.07, 6.45) is 10.5. The lowest BCUT2D eigenvalue weighted by Gasteiger charge is -2.20. The molecule has 0 spiro atoms. The quantitative estimate of drug-likeness (QED) is 0.512. The maximum atomic E-state index is 12.9. The molecule has 1 fully saturated rings. The molecule has 7 heteroatoms. The highest BCUT2D eigenvalue weighted by Gasteiger charge is 2.35. The van der Waals surface area contributed by atoms with Crippen LogP contribution in [0.2, 0.25) is 0 Å². The molecule has 34 heavy (non-hydrogen) atoms. The number of fused-ring (bicyclic) bond motifs is 1. The zero-order valence-electron chi connectivity index (χ0n) is 20.1. The SMILES string of the molecule is Cc1ccccc1-n1c(C)cc(/C=C2\C(=N)N3N=C(CCC4CCCCC4)SC3=NC2=O)c1C. The van der Waals surface area contributed by atoms with Crippen LogP contribution in [0.5, 0.6) is 0 Å². The molecule has 3 aliphatic rings. The summed E-state index contributed by atoms with van der Waals surface area (Å²) in [6, 6.07) is 10.3. The Morgan fingerprint density at radius 3 is 2.68 bits per heavy atom. The molecule has 0 radical (unpaired) electrons. The number of thioether (sulfide) groups is 1. The van der Waals surface area contributed by atoms with E-state index in [0.29, 0.717) is 5.17 Å². The number of aliphatic imine (C=N–C) groups is 1.